The number of halogens is 15. The van der Waals surface area contributed by atoms with E-state index in [-0.39, 0.29) is 5.92 Å². The van der Waals surface area contributed by atoms with Gasteiger partial charge in [-0.05, 0) is 18.1 Å². The second-order valence-electron chi connectivity index (χ2n) is 5.56. The van der Waals surface area contributed by atoms with Crippen LogP contribution in [-0.2, 0) is 0 Å². The first kappa shape index (κ1) is 25.8. The van der Waals surface area contributed by atoms with Crippen molar-refractivity contribution in [3.63, 3.8) is 0 Å². The lowest BCUT2D eigenvalue weighted by molar-refractivity contribution is -0.449. The van der Waals surface area contributed by atoms with Crippen LogP contribution < -0.4 is 0 Å². The highest BCUT2D eigenvalue weighted by atomic mass is 19.4. The number of alkyl halides is 15. The van der Waals surface area contributed by atoms with E-state index < -0.39 is 47.3 Å². The van der Waals surface area contributed by atoms with E-state index in [9.17, 15) is 65.9 Å². The molecular weight excluding hydrogens is 465 g/mol. The molecule has 30 heavy (non-hydrogen) atoms. The highest BCUT2D eigenvalue weighted by Gasteiger charge is 2.93. The monoisotopic (exact) mass is 470 g/mol. The van der Waals surface area contributed by atoms with Crippen molar-refractivity contribution in [2.45, 2.75) is 41.7 Å². The third kappa shape index (κ3) is 3.64. The fraction of sp³-hybridized carbons (Fsp3) is 0.467. The molecule has 0 aliphatic heterocycles. The predicted octanol–water partition coefficient (Wildman–Crippen LogP) is 6.41. The van der Waals surface area contributed by atoms with E-state index in [1.807, 2.05) is 0 Å². The highest BCUT2D eigenvalue weighted by Crippen LogP contribution is 2.62. The minimum absolute atomic E-state index is 0.113. The van der Waals surface area contributed by atoms with Gasteiger partial charge in [0.1, 0.15) is 0 Å². The van der Waals surface area contributed by atoms with Crippen molar-refractivity contribution in [2.24, 2.45) is 0 Å². The Bertz CT molecular complexity index is 808. The third-order valence-corrected chi connectivity index (χ3v) is 3.47. The molecule has 0 atom stereocenters. The average Bonchev–Trinajstić information content (AvgIpc) is 2.59. The smallest absolute Gasteiger partial charge is 0.192 e. The van der Waals surface area contributed by atoms with Crippen LogP contribution in [0.2, 0.25) is 0 Å². The fourth-order valence-corrected chi connectivity index (χ4v) is 1.72. The summed E-state index contributed by atoms with van der Waals surface area (Å²) in [4.78, 5) is 0. The van der Waals surface area contributed by atoms with E-state index >= 15 is 0 Å². The van der Waals surface area contributed by atoms with Crippen LogP contribution in [0.5, 0.6) is 0 Å². The van der Waals surface area contributed by atoms with Crippen molar-refractivity contribution in [3.8, 4) is 11.8 Å². The quantitative estimate of drug-likeness (QED) is 0.345. The molecule has 0 unspecified atom stereocenters. The lowest BCUT2D eigenvalue weighted by Gasteiger charge is -2.40. The second kappa shape index (κ2) is 7.16. The molecule has 0 aromatic heterocycles. The topological polar surface area (TPSA) is 0 Å². The van der Waals surface area contributed by atoms with Crippen molar-refractivity contribution in [1.29, 1.82) is 0 Å². The molecule has 0 bridgehead atoms. The molecule has 170 valence electrons. The molecule has 1 rings (SSSR count). The number of rotatable bonds is 5. The van der Waals surface area contributed by atoms with Crippen molar-refractivity contribution < 1.29 is 65.9 Å². The van der Waals surface area contributed by atoms with Gasteiger partial charge in [-0.15, -0.1) is 0 Å². The molecule has 0 amide bonds. The lowest BCUT2D eigenvalue weighted by Crippen LogP contribution is -2.72. The molecule has 0 radical (unpaired) electrons. The molecule has 0 nitrogen and oxygen atoms in total. The maximum absolute atomic E-state index is 13.5. The molecule has 0 heterocycles. The number of hydrogen-bond acceptors (Lipinski definition) is 0. The fourth-order valence-electron chi connectivity index (χ4n) is 1.72. The first-order valence-electron chi connectivity index (χ1n) is 7.00. The average molecular weight is 470 g/mol. The Hall–Kier alpha value is -2.27. The Labute approximate surface area is 156 Å². The second-order valence-corrected chi connectivity index (χ2v) is 5.56. The molecule has 15 heteroatoms. The van der Waals surface area contributed by atoms with Gasteiger partial charge in [0.05, 0.1) is 0 Å². The third-order valence-electron chi connectivity index (χ3n) is 3.47. The normalized spacial score (nSPS) is 14.9. The SMILES string of the molecule is FC(F)(F)C(F)(F)C(F)(F)C(F)(F)C(F)(F)C(F)(F)C(F)(F)C#Cc1ccccc1. The zero-order valence-electron chi connectivity index (χ0n) is 13.6. The predicted molar refractivity (Wildman–Crippen MR) is 69.1 cm³/mol. The van der Waals surface area contributed by atoms with Gasteiger partial charge in [0.2, 0.25) is 0 Å². The van der Waals surface area contributed by atoms with Crippen LogP contribution in [0.1, 0.15) is 5.56 Å². The van der Waals surface area contributed by atoms with E-state index in [0.29, 0.717) is 0 Å². The Kier molecular flexibility index (Phi) is 6.15. The first-order valence-corrected chi connectivity index (χ1v) is 7.00. The van der Waals surface area contributed by atoms with Gasteiger partial charge in [-0.2, -0.15) is 65.9 Å². The minimum atomic E-state index is -8.31. The van der Waals surface area contributed by atoms with Gasteiger partial charge in [0, 0.05) is 5.56 Å². The van der Waals surface area contributed by atoms with Gasteiger partial charge in [-0.25, -0.2) is 0 Å². The molecule has 0 N–H and O–H groups in total. The van der Waals surface area contributed by atoms with Crippen LogP contribution in [0, 0.1) is 11.8 Å². The highest BCUT2D eigenvalue weighted by molar-refractivity contribution is 5.36. The molecule has 0 saturated carbocycles. The summed E-state index contributed by atoms with van der Waals surface area (Å²) in [5.74, 6) is -45.6. The van der Waals surface area contributed by atoms with Crippen molar-refractivity contribution >= 4 is 0 Å². The van der Waals surface area contributed by atoms with Gasteiger partial charge < -0.3 is 0 Å². The maximum atomic E-state index is 13.5. The first-order chi connectivity index (χ1) is 13.1. The summed E-state index contributed by atoms with van der Waals surface area (Å²) in [7, 11) is 0. The van der Waals surface area contributed by atoms with Crippen LogP contribution in [0.25, 0.3) is 0 Å². The Morgan fingerprint density at radius 2 is 0.833 bits per heavy atom. The van der Waals surface area contributed by atoms with Crippen molar-refractivity contribution in [3.05, 3.63) is 35.9 Å². The zero-order valence-corrected chi connectivity index (χ0v) is 13.6. The van der Waals surface area contributed by atoms with Gasteiger partial charge >= 0.3 is 41.7 Å². The Morgan fingerprint density at radius 3 is 1.23 bits per heavy atom. The minimum Gasteiger partial charge on any atom is -0.192 e. The molecule has 0 spiro atoms. The molecular formula is C15H5F15. The Morgan fingerprint density at radius 1 is 0.467 bits per heavy atom. The van der Waals surface area contributed by atoms with Gasteiger partial charge in [-0.1, -0.05) is 24.1 Å². The summed E-state index contributed by atoms with van der Waals surface area (Å²) in [6, 6.07) is 5.07. The molecule has 0 aliphatic rings. The van der Waals surface area contributed by atoms with Crippen LogP contribution in [0.4, 0.5) is 65.9 Å². The van der Waals surface area contributed by atoms with Crippen molar-refractivity contribution in [2.75, 3.05) is 0 Å². The van der Waals surface area contributed by atoms with E-state index in [4.69, 9.17) is 0 Å². The van der Waals surface area contributed by atoms with Crippen LogP contribution in [0.15, 0.2) is 30.3 Å². The lowest BCUT2D eigenvalue weighted by atomic mass is 9.91. The van der Waals surface area contributed by atoms with Gasteiger partial charge in [-0.3, -0.25) is 0 Å². The van der Waals surface area contributed by atoms with Crippen LogP contribution in [0.3, 0.4) is 0 Å². The summed E-state index contributed by atoms with van der Waals surface area (Å²) < 4.78 is 194. The summed E-state index contributed by atoms with van der Waals surface area (Å²) in [6.45, 7) is 0. The van der Waals surface area contributed by atoms with Crippen LogP contribution >= 0.6 is 0 Å². The molecule has 0 fully saturated rings. The summed E-state index contributed by atoms with van der Waals surface area (Å²) >= 11 is 0. The largest absolute Gasteiger partial charge is 0.460 e. The summed E-state index contributed by atoms with van der Waals surface area (Å²) in [5.41, 5.74) is -0.572. The summed E-state index contributed by atoms with van der Waals surface area (Å²) in [6.07, 6.45) is -7.62. The Balaban J connectivity index is 3.53. The molecule has 1 aromatic rings. The summed E-state index contributed by atoms with van der Waals surface area (Å²) in [5, 5.41) is 0. The molecule has 1 aromatic carbocycles. The zero-order chi connectivity index (χ0) is 24.0. The van der Waals surface area contributed by atoms with E-state index in [1.165, 1.54) is 6.07 Å². The van der Waals surface area contributed by atoms with Gasteiger partial charge in [0.25, 0.3) is 0 Å². The maximum Gasteiger partial charge on any atom is 0.460 e. The molecule has 0 aliphatic carbocycles. The van der Waals surface area contributed by atoms with E-state index in [2.05, 4.69) is 0 Å². The van der Waals surface area contributed by atoms with E-state index in [1.54, 1.807) is 0 Å². The molecule has 0 saturated heterocycles. The number of benzene rings is 1. The van der Waals surface area contributed by atoms with Crippen molar-refractivity contribution in [1.82, 2.24) is 0 Å². The van der Waals surface area contributed by atoms with E-state index in [0.717, 1.165) is 30.2 Å². The standard InChI is InChI=1S/C15H5F15/c16-9(17,7-6-8-4-2-1-3-5-8)10(18,19)11(20,21)12(22,23)13(24,25)14(26,27)15(28,29)30/h1-5H. The van der Waals surface area contributed by atoms with Gasteiger partial charge in [0.15, 0.2) is 0 Å². The number of hydrogen-bond donors (Lipinski definition) is 0. The van der Waals surface area contributed by atoms with Crippen LogP contribution in [-0.4, -0.2) is 41.7 Å².